The van der Waals surface area contributed by atoms with Crippen molar-refractivity contribution in [2.24, 2.45) is 11.3 Å². The van der Waals surface area contributed by atoms with Crippen molar-refractivity contribution in [1.29, 1.82) is 0 Å². The van der Waals surface area contributed by atoms with Crippen LogP contribution in [0, 0.1) is 18.3 Å². The Morgan fingerprint density at radius 2 is 1.82 bits per heavy atom. The molecule has 2 saturated carbocycles. The van der Waals surface area contributed by atoms with E-state index >= 15 is 0 Å². The lowest BCUT2D eigenvalue weighted by molar-refractivity contribution is -0.144. The maximum atomic E-state index is 13.9. The molecular weight excluding hydrogens is 478 g/mol. The van der Waals surface area contributed by atoms with Crippen LogP contribution in [0.3, 0.4) is 0 Å². The van der Waals surface area contributed by atoms with E-state index in [1.807, 2.05) is 24.8 Å². The van der Waals surface area contributed by atoms with Gasteiger partial charge in [-0.3, -0.25) is 9.59 Å². The molecule has 2 atom stereocenters. The summed E-state index contributed by atoms with van der Waals surface area (Å²) in [6.07, 6.45) is 2.27. The Balaban J connectivity index is 1.36. The van der Waals surface area contributed by atoms with Crippen molar-refractivity contribution in [1.82, 2.24) is 9.88 Å². The molecule has 0 aliphatic heterocycles. The Morgan fingerprint density at radius 1 is 1.11 bits per heavy atom. The largest absolute Gasteiger partial charge is 0.497 e. The summed E-state index contributed by atoms with van der Waals surface area (Å²) in [6, 6.07) is 13.7. The molecule has 0 spiro atoms. The van der Waals surface area contributed by atoms with Crippen LogP contribution in [-0.2, 0) is 9.59 Å². The van der Waals surface area contributed by atoms with Crippen LogP contribution < -0.4 is 14.8 Å². The smallest absolute Gasteiger partial charge is 0.249 e. The lowest BCUT2D eigenvalue weighted by Crippen LogP contribution is -2.56. The van der Waals surface area contributed by atoms with E-state index < -0.39 is 5.54 Å². The number of aromatic nitrogens is 1. The van der Waals surface area contributed by atoms with E-state index in [4.69, 9.17) is 9.47 Å². The normalized spacial score (nSPS) is 20.2. The van der Waals surface area contributed by atoms with Crippen molar-refractivity contribution in [2.45, 2.75) is 71.4 Å². The number of carbonyl (C=O) groups is 2. The molecule has 2 fully saturated rings. The highest BCUT2D eigenvalue weighted by atomic mass is 16.5. The molecule has 3 aromatic rings. The van der Waals surface area contributed by atoms with E-state index in [9.17, 15) is 9.59 Å². The van der Waals surface area contributed by atoms with Gasteiger partial charge in [0.25, 0.3) is 0 Å². The summed E-state index contributed by atoms with van der Waals surface area (Å²) in [6.45, 7) is 10.3. The van der Waals surface area contributed by atoms with Crippen LogP contribution in [0.2, 0.25) is 0 Å². The van der Waals surface area contributed by atoms with Crippen LogP contribution in [0.15, 0.2) is 42.5 Å². The van der Waals surface area contributed by atoms with Crippen molar-refractivity contribution in [3.05, 3.63) is 53.7 Å². The molecule has 1 heterocycles. The molecule has 0 radical (unpaired) electrons. The van der Waals surface area contributed by atoms with Gasteiger partial charge in [0.05, 0.1) is 19.9 Å². The Kier molecular flexibility index (Phi) is 6.44. The molecule has 7 heteroatoms. The number of fused-ring (bicyclic) bond motifs is 1. The Bertz CT molecular complexity index is 1390. The first-order chi connectivity index (χ1) is 18.0. The average Bonchev–Trinajstić information content (AvgIpc) is 3.76. The summed E-state index contributed by atoms with van der Waals surface area (Å²) in [7, 11) is 3.14. The number of ether oxygens (including phenoxy) is 2. The van der Waals surface area contributed by atoms with E-state index in [0.29, 0.717) is 29.5 Å². The van der Waals surface area contributed by atoms with E-state index in [2.05, 4.69) is 49.3 Å². The van der Waals surface area contributed by atoms with Crippen molar-refractivity contribution in [2.75, 3.05) is 19.5 Å². The van der Waals surface area contributed by atoms with Gasteiger partial charge in [-0.15, -0.1) is 0 Å². The van der Waals surface area contributed by atoms with Gasteiger partial charge in [-0.05, 0) is 74.6 Å². The van der Waals surface area contributed by atoms with Crippen LogP contribution >= 0.6 is 0 Å². The summed E-state index contributed by atoms with van der Waals surface area (Å²) in [4.78, 5) is 32.9. The average molecular weight is 518 g/mol. The number of hydrogen-bond donors (Lipinski definition) is 2. The molecule has 38 heavy (non-hydrogen) atoms. The molecule has 2 amide bonds. The van der Waals surface area contributed by atoms with E-state index in [-0.39, 0.29) is 29.2 Å². The number of methoxy groups -OCH3 is 2. The van der Waals surface area contributed by atoms with E-state index in [0.717, 1.165) is 18.4 Å². The molecule has 2 aliphatic rings. The number of nitrogens with zero attached hydrogens (tertiary/aromatic N) is 1. The van der Waals surface area contributed by atoms with Crippen LogP contribution in [0.4, 0.5) is 5.69 Å². The fourth-order valence-corrected chi connectivity index (χ4v) is 6.27. The second-order valence-corrected chi connectivity index (χ2v) is 11.9. The predicted octanol–water partition coefficient (Wildman–Crippen LogP) is 6.03. The number of aryl methyl sites for hydroxylation is 1. The quantitative estimate of drug-likeness (QED) is 0.363. The van der Waals surface area contributed by atoms with Crippen molar-refractivity contribution >= 4 is 28.4 Å². The molecular formula is C31H39N3O4. The third kappa shape index (κ3) is 4.42. The number of anilines is 1. The van der Waals surface area contributed by atoms with E-state index in [1.165, 1.54) is 16.6 Å². The molecule has 2 N–H and O–H groups in total. The minimum absolute atomic E-state index is 0.00344. The van der Waals surface area contributed by atoms with Gasteiger partial charge >= 0.3 is 0 Å². The summed E-state index contributed by atoms with van der Waals surface area (Å²) in [5, 5.41) is 4.24. The number of rotatable bonds is 9. The van der Waals surface area contributed by atoms with Gasteiger partial charge in [-0.1, -0.05) is 32.0 Å². The number of amides is 2. The molecule has 7 nitrogen and oxygen atoms in total. The molecule has 202 valence electrons. The zero-order valence-corrected chi connectivity index (χ0v) is 23.5. The first-order valence-corrected chi connectivity index (χ1v) is 13.4. The van der Waals surface area contributed by atoms with Crippen LogP contribution in [0.25, 0.3) is 10.9 Å². The maximum absolute atomic E-state index is 13.9. The van der Waals surface area contributed by atoms with Crippen LogP contribution in [0.1, 0.15) is 64.1 Å². The summed E-state index contributed by atoms with van der Waals surface area (Å²) >= 11 is 0. The monoisotopic (exact) mass is 517 g/mol. The molecule has 0 unspecified atom stereocenters. The number of para-hydroxylation sites is 1. The highest BCUT2D eigenvalue weighted by Gasteiger charge is 2.60. The SMILES string of the molecule is COc1ccc(NC(=O)C(C)(C)N(C(=O)C[C@H]2[C@@H](c3c(C)[nH]c4ccccc34)C2(C)C)C2CC2)c(OC)c1. The van der Waals surface area contributed by atoms with Gasteiger partial charge in [0.15, 0.2) is 0 Å². The van der Waals surface area contributed by atoms with Gasteiger partial charge in [0.2, 0.25) is 11.8 Å². The number of carbonyl (C=O) groups excluding carboxylic acids is 2. The van der Waals surface area contributed by atoms with Gasteiger partial charge in [0.1, 0.15) is 17.0 Å². The van der Waals surface area contributed by atoms with Gasteiger partial charge in [-0.2, -0.15) is 0 Å². The molecule has 2 aliphatic carbocycles. The highest BCUT2D eigenvalue weighted by Crippen LogP contribution is 2.67. The molecule has 5 rings (SSSR count). The second-order valence-electron chi connectivity index (χ2n) is 11.9. The minimum atomic E-state index is -1.02. The fraction of sp³-hybridized carbons (Fsp3) is 0.484. The fourth-order valence-electron chi connectivity index (χ4n) is 6.27. The number of aromatic amines is 1. The standard InChI is InChI=1S/C31H39N3O4/c1-18-27(21-10-8-9-11-23(21)32-18)28-22(30(28,2)3)17-26(35)34(19-12-13-19)31(4,5)29(36)33-24-15-14-20(37-6)16-25(24)38-7/h8-11,14-16,19,22,28,32H,12-13,17H2,1-7H3,(H,33,36)/t22-,28-/m0/s1. The zero-order chi connectivity index (χ0) is 27.4. The maximum Gasteiger partial charge on any atom is 0.249 e. The predicted molar refractivity (Wildman–Crippen MR) is 150 cm³/mol. The minimum Gasteiger partial charge on any atom is -0.497 e. The van der Waals surface area contributed by atoms with Crippen LogP contribution in [0.5, 0.6) is 11.5 Å². The van der Waals surface area contributed by atoms with E-state index in [1.54, 1.807) is 32.4 Å². The number of benzene rings is 2. The summed E-state index contributed by atoms with van der Waals surface area (Å²) < 4.78 is 10.7. The third-order valence-electron chi connectivity index (χ3n) is 8.69. The Labute approximate surface area is 224 Å². The first kappa shape index (κ1) is 26.1. The first-order valence-electron chi connectivity index (χ1n) is 13.4. The lowest BCUT2D eigenvalue weighted by atomic mass is 9.98. The number of hydrogen-bond acceptors (Lipinski definition) is 4. The zero-order valence-electron chi connectivity index (χ0n) is 23.5. The van der Waals surface area contributed by atoms with Crippen molar-refractivity contribution in [3.8, 4) is 11.5 Å². The number of nitrogens with one attached hydrogen (secondary N) is 2. The molecule has 2 aromatic carbocycles. The van der Waals surface area contributed by atoms with Crippen LogP contribution in [-0.4, -0.2) is 47.5 Å². The summed E-state index contributed by atoms with van der Waals surface area (Å²) in [5.41, 5.74) is 3.17. The second kappa shape index (κ2) is 9.37. The highest BCUT2D eigenvalue weighted by molar-refractivity contribution is 6.01. The number of H-pyrrole nitrogens is 1. The molecule has 1 aromatic heterocycles. The summed E-state index contributed by atoms with van der Waals surface area (Å²) in [5.74, 6) is 1.47. The Morgan fingerprint density at radius 3 is 2.47 bits per heavy atom. The van der Waals surface area contributed by atoms with Crippen molar-refractivity contribution < 1.29 is 19.1 Å². The Hall–Kier alpha value is -3.48. The molecule has 0 saturated heterocycles. The topological polar surface area (TPSA) is 83.7 Å². The van der Waals surface area contributed by atoms with Crippen molar-refractivity contribution in [3.63, 3.8) is 0 Å². The van der Waals surface area contributed by atoms with Gasteiger partial charge < -0.3 is 24.7 Å². The molecule has 0 bridgehead atoms. The third-order valence-corrected chi connectivity index (χ3v) is 8.69. The lowest BCUT2D eigenvalue weighted by Gasteiger charge is -2.38. The van der Waals surface area contributed by atoms with Gasteiger partial charge in [0, 0.05) is 35.1 Å². The van der Waals surface area contributed by atoms with Gasteiger partial charge in [-0.25, -0.2) is 0 Å².